The van der Waals surface area contributed by atoms with E-state index in [9.17, 15) is 0 Å². The molecule has 1 fully saturated rings. The number of hydrogen-bond acceptors (Lipinski definition) is 4. The third-order valence-corrected chi connectivity index (χ3v) is 6.81. The molecule has 160 valence electrons. The molecular weight excluding hydrogens is 434 g/mol. The predicted octanol–water partition coefficient (Wildman–Crippen LogP) is 6.31. The Labute approximate surface area is 197 Å². The fourth-order valence-corrected chi connectivity index (χ4v) is 5.02. The van der Waals surface area contributed by atoms with E-state index in [4.69, 9.17) is 16.6 Å². The fourth-order valence-electron chi connectivity index (χ4n) is 3.94. The standard InChI is InChI=1S/C26H23N3OS2/c1-18-10-12-20(13-11-18)32-23-15-14-22(30-23)25-24(21-9-5-6-16-27-21)28-26(31)29(25)17-19-7-3-2-4-8-19/h2-16,24-25H,17H2,1H3,(H,28,31)/t24-,25-/m1/s1. The summed E-state index contributed by atoms with van der Waals surface area (Å²) < 4.78 is 6.36. The van der Waals surface area contributed by atoms with Crippen molar-refractivity contribution in [1.29, 1.82) is 0 Å². The molecule has 3 heterocycles. The minimum Gasteiger partial charge on any atom is -0.452 e. The van der Waals surface area contributed by atoms with Crippen LogP contribution in [0, 0.1) is 6.92 Å². The van der Waals surface area contributed by atoms with Crippen LogP contribution in [0.4, 0.5) is 0 Å². The van der Waals surface area contributed by atoms with E-state index in [1.54, 1.807) is 11.8 Å². The minimum absolute atomic E-state index is 0.0872. The molecule has 0 saturated carbocycles. The second-order valence-electron chi connectivity index (χ2n) is 7.81. The van der Waals surface area contributed by atoms with Crippen LogP contribution in [-0.2, 0) is 6.54 Å². The summed E-state index contributed by atoms with van der Waals surface area (Å²) in [4.78, 5) is 7.95. The van der Waals surface area contributed by atoms with E-state index in [2.05, 4.69) is 76.7 Å². The summed E-state index contributed by atoms with van der Waals surface area (Å²) in [7, 11) is 0. The average molecular weight is 458 g/mol. The molecule has 2 aromatic heterocycles. The highest BCUT2D eigenvalue weighted by Gasteiger charge is 2.41. The molecule has 32 heavy (non-hydrogen) atoms. The van der Waals surface area contributed by atoms with Gasteiger partial charge in [-0.25, -0.2) is 0 Å². The lowest BCUT2D eigenvalue weighted by molar-refractivity contribution is 0.254. The maximum atomic E-state index is 6.36. The summed E-state index contributed by atoms with van der Waals surface area (Å²) in [5, 5.41) is 5.05. The van der Waals surface area contributed by atoms with Gasteiger partial charge in [0.25, 0.3) is 0 Å². The van der Waals surface area contributed by atoms with Crippen molar-refractivity contribution in [2.75, 3.05) is 0 Å². The minimum atomic E-state index is -0.0926. The Morgan fingerprint density at radius 2 is 1.75 bits per heavy atom. The summed E-state index contributed by atoms with van der Waals surface area (Å²) in [6, 6.07) is 28.7. The first-order valence-electron chi connectivity index (χ1n) is 10.5. The maximum Gasteiger partial charge on any atom is 0.170 e. The highest BCUT2D eigenvalue weighted by molar-refractivity contribution is 7.99. The summed E-state index contributed by atoms with van der Waals surface area (Å²) >= 11 is 7.38. The molecule has 2 atom stereocenters. The SMILES string of the molecule is Cc1ccc(Sc2ccc([C@@H]3[C@@H](c4ccccn4)NC(=S)N3Cc3ccccc3)o2)cc1. The summed E-state index contributed by atoms with van der Waals surface area (Å²) in [6.45, 7) is 2.79. The number of nitrogens with one attached hydrogen (secondary N) is 1. The number of aryl methyl sites for hydroxylation is 1. The zero-order valence-electron chi connectivity index (χ0n) is 17.6. The molecule has 0 spiro atoms. The van der Waals surface area contributed by atoms with E-state index in [0.29, 0.717) is 11.7 Å². The van der Waals surface area contributed by atoms with Crippen LogP contribution in [0.3, 0.4) is 0 Å². The molecule has 0 aliphatic carbocycles. The number of furan rings is 1. The normalized spacial score (nSPS) is 18.0. The molecule has 2 aromatic carbocycles. The topological polar surface area (TPSA) is 41.3 Å². The first-order valence-corrected chi connectivity index (χ1v) is 11.8. The van der Waals surface area contributed by atoms with Crippen LogP contribution in [0.15, 0.2) is 106 Å². The van der Waals surface area contributed by atoms with Gasteiger partial charge in [0.2, 0.25) is 0 Å². The van der Waals surface area contributed by atoms with Crippen LogP contribution in [0.1, 0.15) is 34.7 Å². The number of benzene rings is 2. The monoisotopic (exact) mass is 457 g/mol. The van der Waals surface area contributed by atoms with Gasteiger partial charge in [0.1, 0.15) is 11.8 Å². The van der Waals surface area contributed by atoms with Crippen molar-refractivity contribution in [1.82, 2.24) is 15.2 Å². The zero-order valence-corrected chi connectivity index (χ0v) is 19.3. The van der Waals surface area contributed by atoms with Gasteiger partial charge in [0.05, 0.1) is 11.7 Å². The first-order chi connectivity index (χ1) is 15.7. The Hall–Kier alpha value is -3.09. The maximum absolute atomic E-state index is 6.36. The lowest BCUT2D eigenvalue weighted by Gasteiger charge is -2.26. The van der Waals surface area contributed by atoms with E-state index in [0.717, 1.165) is 21.4 Å². The number of aromatic nitrogens is 1. The Kier molecular flexibility index (Phi) is 5.97. The molecule has 0 radical (unpaired) electrons. The van der Waals surface area contributed by atoms with Gasteiger partial charge in [0, 0.05) is 17.6 Å². The molecule has 1 aliphatic heterocycles. The van der Waals surface area contributed by atoms with E-state index in [1.165, 1.54) is 11.1 Å². The van der Waals surface area contributed by atoms with Crippen LogP contribution >= 0.6 is 24.0 Å². The molecule has 4 aromatic rings. The number of nitrogens with zero attached hydrogens (tertiary/aromatic N) is 2. The van der Waals surface area contributed by atoms with Crippen LogP contribution in [0.2, 0.25) is 0 Å². The van der Waals surface area contributed by atoms with Gasteiger partial charge in [-0.3, -0.25) is 4.98 Å². The van der Waals surface area contributed by atoms with Gasteiger partial charge in [-0.1, -0.05) is 65.9 Å². The molecule has 4 nitrogen and oxygen atoms in total. The molecule has 0 unspecified atom stereocenters. The zero-order chi connectivity index (χ0) is 21.9. The van der Waals surface area contributed by atoms with E-state index in [1.807, 2.05) is 36.5 Å². The number of pyridine rings is 1. The molecule has 6 heteroatoms. The summed E-state index contributed by atoms with van der Waals surface area (Å²) in [5.41, 5.74) is 3.39. The van der Waals surface area contributed by atoms with Crippen molar-refractivity contribution in [2.24, 2.45) is 0 Å². The molecule has 5 rings (SSSR count). The second-order valence-corrected chi connectivity index (χ2v) is 9.28. The van der Waals surface area contributed by atoms with Crippen LogP contribution in [0.5, 0.6) is 0 Å². The molecule has 0 bridgehead atoms. The predicted molar refractivity (Wildman–Crippen MR) is 131 cm³/mol. The number of hydrogen-bond donors (Lipinski definition) is 1. The molecule has 1 N–H and O–H groups in total. The van der Waals surface area contributed by atoms with Crippen molar-refractivity contribution in [3.8, 4) is 0 Å². The van der Waals surface area contributed by atoms with Gasteiger partial charge in [-0.05, 0) is 61.1 Å². The molecule has 0 amide bonds. The Morgan fingerprint density at radius 1 is 0.969 bits per heavy atom. The Bertz CT molecular complexity index is 1190. The van der Waals surface area contributed by atoms with Crippen LogP contribution < -0.4 is 5.32 Å². The van der Waals surface area contributed by atoms with Crippen LogP contribution in [0.25, 0.3) is 0 Å². The largest absolute Gasteiger partial charge is 0.452 e. The van der Waals surface area contributed by atoms with Gasteiger partial charge < -0.3 is 14.6 Å². The number of rotatable bonds is 6. The van der Waals surface area contributed by atoms with Gasteiger partial charge in [-0.15, -0.1) is 0 Å². The van der Waals surface area contributed by atoms with E-state index < -0.39 is 0 Å². The summed E-state index contributed by atoms with van der Waals surface area (Å²) in [6.07, 6.45) is 1.82. The highest BCUT2D eigenvalue weighted by atomic mass is 32.2. The Morgan fingerprint density at radius 3 is 2.50 bits per heavy atom. The van der Waals surface area contributed by atoms with Crippen molar-refractivity contribution >= 4 is 29.1 Å². The van der Waals surface area contributed by atoms with Gasteiger partial charge in [-0.2, -0.15) is 0 Å². The third kappa shape index (κ3) is 4.42. The van der Waals surface area contributed by atoms with Crippen molar-refractivity contribution in [3.63, 3.8) is 0 Å². The third-order valence-electron chi connectivity index (χ3n) is 5.53. The highest BCUT2D eigenvalue weighted by Crippen LogP contribution is 2.41. The lowest BCUT2D eigenvalue weighted by atomic mass is 10.0. The van der Waals surface area contributed by atoms with Crippen LogP contribution in [-0.4, -0.2) is 15.0 Å². The second kappa shape index (κ2) is 9.18. The quantitative estimate of drug-likeness (QED) is 0.342. The van der Waals surface area contributed by atoms with Crippen molar-refractivity contribution in [2.45, 2.75) is 35.5 Å². The number of thiocarbonyl (C=S) groups is 1. The van der Waals surface area contributed by atoms with E-state index in [-0.39, 0.29) is 12.1 Å². The smallest absolute Gasteiger partial charge is 0.170 e. The van der Waals surface area contributed by atoms with Crippen molar-refractivity contribution < 1.29 is 4.42 Å². The fraction of sp³-hybridized carbons (Fsp3) is 0.154. The average Bonchev–Trinajstić information content (AvgIpc) is 3.41. The molecular formula is C26H23N3OS2. The van der Waals surface area contributed by atoms with Crippen molar-refractivity contribution in [3.05, 3.63) is 114 Å². The van der Waals surface area contributed by atoms with Gasteiger partial charge in [0.15, 0.2) is 10.2 Å². The van der Waals surface area contributed by atoms with Gasteiger partial charge >= 0.3 is 0 Å². The molecule has 1 aliphatic rings. The Balaban J connectivity index is 1.47. The summed E-state index contributed by atoms with van der Waals surface area (Å²) in [5.74, 6) is 0.874. The molecule has 1 saturated heterocycles. The van der Waals surface area contributed by atoms with E-state index >= 15 is 0 Å². The lowest BCUT2D eigenvalue weighted by Crippen LogP contribution is -2.28. The first kappa shape index (κ1) is 20.8.